The molecule has 0 spiro atoms. The second-order valence-electron chi connectivity index (χ2n) is 4.89. The van der Waals surface area contributed by atoms with Gasteiger partial charge in [-0.3, -0.25) is 0 Å². The van der Waals surface area contributed by atoms with Crippen LogP contribution in [0.2, 0.25) is 0 Å². The number of halogens is 3. The van der Waals surface area contributed by atoms with Gasteiger partial charge in [-0.05, 0) is 69.0 Å². The topological polar surface area (TPSA) is 29.5 Å². The first-order valence-corrected chi connectivity index (χ1v) is 8.79. The molecule has 1 atom stereocenters. The van der Waals surface area contributed by atoms with E-state index in [1.54, 1.807) is 0 Å². The van der Waals surface area contributed by atoms with E-state index >= 15 is 0 Å². The Morgan fingerprint density at radius 1 is 1.05 bits per heavy atom. The zero-order valence-corrected chi connectivity index (χ0v) is 16.4. The molecule has 1 unspecified atom stereocenters. The van der Waals surface area contributed by atoms with Crippen molar-refractivity contribution in [1.82, 2.24) is 0 Å². The fourth-order valence-corrected chi connectivity index (χ4v) is 4.61. The van der Waals surface area contributed by atoms with Crippen LogP contribution in [0.25, 0.3) is 0 Å². The molecule has 0 aliphatic heterocycles. The van der Waals surface area contributed by atoms with Crippen LogP contribution in [0.15, 0.2) is 43.7 Å². The average molecular weight is 479 g/mol. The molecule has 0 amide bonds. The Bertz CT molecular complexity index is 633. The molecule has 112 valence electrons. The maximum Gasteiger partial charge on any atom is 0.147 e. The van der Waals surface area contributed by atoms with Crippen molar-refractivity contribution < 1.29 is 9.84 Å². The van der Waals surface area contributed by atoms with Crippen LogP contribution in [0.1, 0.15) is 22.8 Å². The molecule has 0 aliphatic rings. The van der Waals surface area contributed by atoms with Crippen LogP contribution in [0.4, 0.5) is 0 Å². The minimum atomic E-state index is -0.659. The van der Waals surface area contributed by atoms with E-state index in [-0.39, 0.29) is 6.61 Å². The van der Waals surface area contributed by atoms with E-state index in [1.807, 2.05) is 38.1 Å². The molecule has 2 rings (SSSR count). The number of hydrogen-bond acceptors (Lipinski definition) is 2. The molecule has 0 aromatic heterocycles. The predicted octanol–water partition coefficient (Wildman–Crippen LogP) is 5.70. The normalized spacial score (nSPS) is 12.3. The first kappa shape index (κ1) is 17.0. The van der Waals surface area contributed by atoms with Crippen molar-refractivity contribution >= 4 is 47.8 Å². The van der Waals surface area contributed by atoms with Crippen molar-refractivity contribution in [3.63, 3.8) is 0 Å². The van der Waals surface area contributed by atoms with Gasteiger partial charge >= 0.3 is 0 Å². The van der Waals surface area contributed by atoms with E-state index in [2.05, 4.69) is 53.9 Å². The van der Waals surface area contributed by atoms with Gasteiger partial charge in [0, 0.05) is 4.47 Å². The summed E-state index contributed by atoms with van der Waals surface area (Å²) >= 11 is 10.3. The Morgan fingerprint density at radius 2 is 1.67 bits per heavy atom. The Kier molecular flexibility index (Phi) is 5.88. The quantitative estimate of drug-likeness (QED) is 0.610. The van der Waals surface area contributed by atoms with Crippen LogP contribution >= 0.6 is 47.8 Å². The Hall–Kier alpha value is -0.360. The summed E-state index contributed by atoms with van der Waals surface area (Å²) in [5.74, 6) is 0.682. The number of rotatable bonds is 4. The Balaban J connectivity index is 2.13. The third kappa shape index (κ3) is 4.31. The number of hydrogen-bond donors (Lipinski definition) is 1. The minimum Gasteiger partial charge on any atom is -0.488 e. The molecule has 0 bridgehead atoms. The monoisotopic (exact) mass is 476 g/mol. The van der Waals surface area contributed by atoms with Crippen LogP contribution in [0.3, 0.4) is 0 Å². The SMILES string of the molecule is Cc1ccc(C(O)COc2c(Br)cc(Br)cc2Br)c(C)c1. The summed E-state index contributed by atoms with van der Waals surface area (Å²) in [6, 6.07) is 9.82. The fraction of sp³-hybridized carbons (Fsp3) is 0.250. The molecule has 0 radical (unpaired) electrons. The maximum atomic E-state index is 10.3. The van der Waals surface area contributed by atoms with Gasteiger partial charge in [0.15, 0.2) is 0 Å². The molecule has 1 N–H and O–H groups in total. The van der Waals surface area contributed by atoms with E-state index in [0.717, 1.165) is 24.5 Å². The lowest BCUT2D eigenvalue weighted by molar-refractivity contribution is 0.107. The third-order valence-corrected chi connectivity index (χ3v) is 4.77. The van der Waals surface area contributed by atoms with Crippen LogP contribution in [-0.2, 0) is 0 Å². The van der Waals surface area contributed by atoms with Gasteiger partial charge in [0.2, 0.25) is 0 Å². The van der Waals surface area contributed by atoms with Gasteiger partial charge in [0.1, 0.15) is 18.5 Å². The number of aryl methyl sites for hydroxylation is 2. The summed E-state index contributed by atoms with van der Waals surface area (Å²) in [5.41, 5.74) is 3.15. The molecular formula is C16H15Br3O2. The van der Waals surface area contributed by atoms with E-state index in [4.69, 9.17) is 4.74 Å². The molecule has 0 aliphatic carbocycles. The fourth-order valence-electron chi connectivity index (χ4n) is 2.12. The summed E-state index contributed by atoms with van der Waals surface area (Å²) in [6.45, 7) is 4.23. The molecule has 2 aromatic rings. The second-order valence-corrected chi connectivity index (χ2v) is 7.51. The summed E-state index contributed by atoms with van der Waals surface area (Å²) < 4.78 is 8.37. The lowest BCUT2D eigenvalue weighted by atomic mass is 10.0. The van der Waals surface area contributed by atoms with E-state index in [9.17, 15) is 5.11 Å². The molecule has 2 aromatic carbocycles. The van der Waals surface area contributed by atoms with Crippen LogP contribution in [0, 0.1) is 13.8 Å². The van der Waals surface area contributed by atoms with Gasteiger partial charge in [0.25, 0.3) is 0 Å². The molecule has 0 fully saturated rings. The minimum absolute atomic E-state index is 0.197. The van der Waals surface area contributed by atoms with Crippen LogP contribution in [0.5, 0.6) is 5.75 Å². The first-order valence-electron chi connectivity index (χ1n) is 6.41. The number of benzene rings is 2. The highest BCUT2D eigenvalue weighted by Gasteiger charge is 2.14. The largest absolute Gasteiger partial charge is 0.488 e. The van der Waals surface area contributed by atoms with Crippen molar-refractivity contribution in [3.05, 3.63) is 60.4 Å². The lowest BCUT2D eigenvalue weighted by Gasteiger charge is -2.17. The van der Waals surface area contributed by atoms with Gasteiger partial charge in [-0.2, -0.15) is 0 Å². The maximum absolute atomic E-state index is 10.3. The standard InChI is InChI=1S/C16H15Br3O2/c1-9-3-4-12(10(2)5-9)15(20)8-21-16-13(18)6-11(17)7-14(16)19/h3-7,15,20H,8H2,1-2H3. The van der Waals surface area contributed by atoms with Crippen molar-refractivity contribution in [1.29, 1.82) is 0 Å². The number of ether oxygens (including phenoxy) is 1. The highest BCUT2D eigenvalue weighted by molar-refractivity contribution is 9.11. The Morgan fingerprint density at radius 3 is 2.24 bits per heavy atom. The van der Waals surface area contributed by atoms with Gasteiger partial charge in [0.05, 0.1) is 8.95 Å². The highest BCUT2D eigenvalue weighted by atomic mass is 79.9. The van der Waals surface area contributed by atoms with E-state index < -0.39 is 6.10 Å². The van der Waals surface area contributed by atoms with Gasteiger partial charge in [-0.1, -0.05) is 39.7 Å². The van der Waals surface area contributed by atoms with Gasteiger partial charge < -0.3 is 9.84 Å². The second kappa shape index (κ2) is 7.27. The molecule has 0 heterocycles. The van der Waals surface area contributed by atoms with Gasteiger partial charge in [-0.25, -0.2) is 0 Å². The number of aliphatic hydroxyl groups is 1. The molecule has 21 heavy (non-hydrogen) atoms. The summed E-state index contributed by atoms with van der Waals surface area (Å²) in [7, 11) is 0. The molecular weight excluding hydrogens is 464 g/mol. The number of aliphatic hydroxyl groups excluding tert-OH is 1. The summed E-state index contributed by atoms with van der Waals surface area (Å²) in [6.07, 6.45) is -0.659. The summed E-state index contributed by atoms with van der Waals surface area (Å²) in [4.78, 5) is 0. The predicted molar refractivity (Wildman–Crippen MR) is 95.9 cm³/mol. The smallest absolute Gasteiger partial charge is 0.147 e. The molecule has 0 saturated carbocycles. The van der Waals surface area contributed by atoms with Crippen LogP contribution in [-0.4, -0.2) is 11.7 Å². The summed E-state index contributed by atoms with van der Waals surface area (Å²) in [5, 5.41) is 10.3. The molecule has 2 nitrogen and oxygen atoms in total. The third-order valence-electron chi connectivity index (χ3n) is 3.13. The van der Waals surface area contributed by atoms with Crippen molar-refractivity contribution in [2.75, 3.05) is 6.61 Å². The van der Waals surface area contributed by atoms with Crippen LogP contribution < -0.4 is 4.74 Å². The molecule has 0 saturated heterocycles. The zero-order valence-electron chi connectivity index (χ0n) is 11.7. The van der Waals surface area contributed by atoms with Gasteiger partial charge in [-0.15, -0.1) is 0 Å². The Labute approximate surface area is 149 Å². The van der Waals surface area contributed by atoms with E-state index in [1.165, 1.54) is 5.56 Å². The van der Waals surface area contributed by atoms with E-state index in [0.29, 0.717) is 5.75 Å². The average Bonchev–Trinajstić information content (AvgIpc) is 2.36. The first-order chi connectivity index (χ1) is 9.88. The molecule has 5 heteroatoms. The highest BCUT2D eigenvalue weighted by Crippen LogP contribution is 2.37. The lowest BCUT2D eigenvalue weighted by Crippen LogP contribution is -2.11. The van der Waals surface area contributed by atoms with Crippen molar-refractivity contribution in [2.24, 2.45) is 0 Å². The zero-order chi connectivity index (χ0) is 15.6. The van der Waals surface area contributed by atoms with Crippen molar-refractivity contribution in [3.8, 4) is 5.75 Å². The van der Waals surface area contributed by atoms with Crippen molar-refractivity contribution in [2.45, 2.75) is 20.0 Å².